The molecule has 1 unspecified atom stereocenters. The molecule has 1 atom stereocenters. The first-order valence-electron chi connectivity index (χ1n) is 5.06. The van der Waals surface area contributed by atoms with Crippen LogP contribution in [0.2, 0.25) is 0 Å². The topological polar surface area (TPSA) is 65.2 Å². The predicted octanol–water partition coefficient (Wildman–Crippen LogP) is 1.38. The van der Waals surface area contributed by atoms with Crippen LogP contribution in [0.25, 0.3) is 0 Å². The lowest BCUT2D eigenvalue weighted by atomic mass is 9.90. The zero-order chi connectivity index (χ0) is 11.8. The third-order valence-electron chi connectivity index (χ3n) is 3.13. The predicted molar refractivity (Wildman–Crippen MR) is 62.8 cm³/mol. The van der Waals surface area contributed by atoms with Crippen molar-refractivity contribution in [3.8, 4) is 0 Å². The minimum Gasteiger partial charge on any atom is -0.468 e. The molecule has 0 aromatic carbocycles. The molecule has 1 aliphatic carbocycles. The Balaban J connectivity index is 2.33. The summed E-state index contributed by atoms with van der Waals surface area (Å²) in [5, 5.41) is 0. The number of hydrogen-bond donors (Lipinski definition) is 1. The highest BCUT2D eigenvalue weighted by Gasteiger charge is 2.53. The fourth-order valence-corrected chi connectivity index (χ4v) is 2.64. The number of methoxy groups -OCH3 is 1. The maximum Gasteiger partial charge on any atom is 0.323 e. The van der Waals surface area contributed by atoms with E-state index in [1.54, 1.807) is 6.20 Å². The van der Waals surface area contributed by atoms with E-state index >= 15 is 0 Å². The van der Waals surface area contributed by atoms with E-state index in [4.69, 9.17) is 10.5 Å². The van der Waals surface area contributed by atoms with Crippen molar-refractivity contribution in [2.24, 2.45) is 5.73 Å². The lowest BCUT2D eigenvalue weighted by Crippen LogP contribution is -2.43. The molecule has 1 heterocycles. The first-order chi connectivity index (χ1) is 7.62. The number of halogens is 1. The quantitative estimate of drug-likeness (QED) is 0.673. The van der Waals surface area contributed by atoms with Crippen molar-refractivity contribution in [2.75, 3.05) is 7.11 Å². The van der Waals surface area contributed by atoms with Gasteiger partial charge in [0, 0.05) is 11.6 Å². The lowest BCUT2D eigenvalue weighted by molar-refractivity contribution is -0.143. The number of nitrogens with zero attached hydrogens (tertiary/aromatic N) is 1. The second-order valence-electron chi connectivity index (χ2n) is 4.00. The Morgan fingerprint density at radius 1 is 1.69 bits per heavy atom. The van der Waals surface area contributed by atoms with Gasteiger partial charge in [-0.15, -0.1) is 0 Å². The van der Waals surface area contributed by atoms with Gasteiger partial charge in [0.1, 0.15) is 10.6 Å². The van der Waals surface area contributed by atoms with Gasteiger partial charge in [-0.2, -0.15) is 0 Å². The first-order valence-corrected chi connectivity index (χ1v) is 5.85. The monoisotopic (exact) mass is 284 g/mol. The summed E-state index contributed by atoms with van der Waals surface area (Å²) in [7, 11) is 1.36. The summed E-state index contributed by atoms with van der Waals surface area (Å²) in [6.45, 7) is 0. The molecule has 5 heteroatoms. The van der Waals surface area contributed by atoms with E-state index in [1.807, 2.05) is 12.1 Å². The van der Waals surface area contributed by atoms with Gasteiger partial charge < -0.3 is 10.5 Å². The third kappa shape index (κ3) is 1.74. The molecule has 1 saturated carbocycles. The standard InChI is InChI=1S/C11H13BrN2O2/c1-16-10(15)8(13)11(4-5-11)7-3-2-6-14-9(7)12/h2-3,6,8H,4-5,13H2,1H3. The van der Waals surface area contributed by atoms with E-state index in [9.17, 15) is 4.79 Å². The molecule has 1 aromatic heterocycles. The van der Waals surface area contributed by atoms with Crippen LogP contribution in [-0.4, -0.2) is 24.1 Å². The second-order valence-corrected chi connectivity index (χ2v) is 4.75. The van der Waals surface area contributed by atoms with Gasteiger partial charge in [-0.3, -0.25) is 4.79 Å². The van der Waals surface area contributed by atoms with Crippen LogP contribution in [-0.2, 0) is 14.9 Å². The summed E-state index contributed by atoms with van der Waals surface area (Å²) in [4.78, 5) is 15.7. The average molecular weight is 285 g/mol. The molecule has 0 amide bonds. The van der Waals surface area contributed by atoms with Crippen LogP contribution in [0.1, 0.15) is 18.4 Å². The molecule has 2 rings (SSSR count). The number of esters is 1. The maximum atomic E-state index is 11.5. The van der Waals surface area contributed by atoms with E-state index in [-0.39, 0.29) is 11.4 Å². The molecular formula is C11H13BrN2O2. The highest BCUT2D eigenvalue weighted by atomic mass is 79.9. The SMILES string of the molecule is COC(=O)C(N)C1(c2cccnc2Br)CC1. The van der Waals surface area contributed by atoms with E-state index in [0.29, 0.717) is 0 Å². The number of hydrogen-bond acceptors (Lipinski definition) is 4. The molecule has 1 aliphatic rings. The number of nitrogens with two attached hydrogens (primary N) is 1. The lowest BCUT2D eigenvalue weighted by Gasteiger charge is -2.22. The van der Waals surface area contributed by atoms with Crippen molar-refractivity contribution < 1.29 is 9.53 Å². The zero-order valence-corrected chi connectivity index (χ0v) is 10.5. The highest BCUT2D eigenvalue weighted by molar-refractivity contribution is 9.10. The maximum absolute atomic E-state index is 11.5. The minimum absolute atomic E-state index is 0.291. The Labute approximate surface area is 102 Å². The Hall–Kier alpha value is -0.940. The van der Waals surface area contributed by atoms with Gasteiger partial charge in [-0.25, -0.2) is 4.98 Å². The third-order valence-corrected chi connectivity index (χ3v) is 3.77. The van der Waals surface area contributed by atoms with Gasteiger partial charge in [0.15, 0.2) is 0 Å². The van der Waals surface area contributed by atoms with Gasteiger partial charge >= 0.3 is 5.97 Å². The zero-order valence-electron chi connectivity index (χ0n) is 8.94. The fraction of sp³-hybridized carbons (Fsp3) is 0.455. The summed E-state index contributed by atoms with van der Waals surface area (Å²) >= 11 is 3.39. The van der Waals surface area contributed by atoms with Crippen molar-refractivity contribution in [2.45, 2.75) is 24.3 Å². The van der Waals surface area contributed by atoms with E-state index in [2.05, 4.69) is 20.9 Å². The van der Waals surface area contributed by atoms with Crippen molar-refractivity contribution in [3.63, 3.8) is 0 Å². The Morgan fingerprint density at radius 3 is 2.88 bits per heavy atom. The van der Waals surface area contributed by atoms with Crippen LogP contribution in [0.3, 0.4) is 0 Å². The molecule has 1 aromatic rings. The van der Waals surface area contributed by atoms with Gasteiger partial charge in [0.25, 0.3) is 0 Å². The van der Waals surface area contributed by atoms with Crippen LogP contribution in [0.4, 0.5) is 0 Å². The van der Waals surface area contributed by atoms with E-state index in [0.717, 1.165) is 23.0 Å². The average Bonchev–Trinajstić information content (AvgIpc) is 3.09. The van der Waals surface area contributed by atoms with Gasteiger partial charge in [0.2, 0.25) is 0 Å². The van der Waals surface area contributed by atoms with E-state index in [1.165, 1.54) is 7.11 Å². The summed E-state index contributed by atoms with van der Waals surface area (Å²) in [6.07, 6.45) is 3.49. The molecule has 0 radical (unpaired) electrons. The summed E-state index contributed by atoms with van der Waals surface area (Å²) in [5.74, 6) is -0.367. The molecule has 0 saturated heterocycles. The molecule has 0 aliphatic heterocycles. The number of carbonyl (C=O) groups is 1. The highest BCUT2D eigenvalue weighted by Crippen LogP contribution is 2.52. The van der Waals surface area contributed by atoms with Crippen LogP contribution in [0.15, 0.2) is 22.9 Å². The largest absolute Gasteiger partial charge is 0.468 e. The molecule has 4 nitrogen and oxygen atoms in total. The van der Waals surface area contributed by atoms with Crippen LogP contribution in [0, 0.1) is 0 Å². The smallest absolute Gasteiger partial charge is 0.323 e. The van der Waals surface area contributed by atoms with Gasteiger partial charge in [0.05, 0.1) is 7.11 Å². The number of aromatic nitrogens is 1. The molecule has 0 bridgehead atoms. The van der Waals surface area contributed by atoms with Crippen LogP contribution < -0.4 is 5.73 Å². The minimum atomic E-state index is -0.613. The Kier molecular flexibility index (Phi) is 2.99. The Bertz CT molecular complexity index is 418. The van der Waals surface area contributed by atoms with Crippen molar-refractivity contribution in [1.82, 2.24) is 4.98 Å². The number of pyridine rings is 1. The number of ether oxygens (including phenoxy) is 1. The molecule has 16 heavy (non-hydrogen) atoms. The summed E-state index contributed by atoms with van der Waals surface area (Å²) < 4.78 is 5.46. The molecule has 0 spiro atoms. The van der Waals surface area contributed by atoms with Crippen molar-refractivity contribution in [3.05, 3.63) is 28.5 Å². The Morgan fingerprint density at radius 2 is 2.38 bits per heavy atom. The van der Waals surface area contributed by atoms with Crippen molar-refractivity contribution >= 4 is 21.9 Å². The van der Waals surface area contributed by atoms with E-state index < -0.39 is 6.04 Å². The molecule has 2 N–H and O–H groups in total. The molecule has 86 valence electrons. The summed E-state index contributed by atoms with van der Waals surface area (Å²) in [6, 6.07) is 3.19. The number of carbonyl (C=O) groups excluding carboxylic acids is 1. The molecule has 1 fully saturated rings. The normalized spacial score (nSPS) is 18.9. The number of rotatable bonds is 3. The molecular weight excluding hydrogens is 272 g/mol. The fourth-order valence-electron chi connectivity index (χ4n) is 1.99. The van der Waals surface area contributed by atoms with Gasteiger partial charge in [-0.05, 0) is 40.4 Å². The second kappa shape index (κ2) is 4.14. The van der Waals surface area contributed by atoms with Crippen LogP contribution in [0.5, 0.6) is 0 Å². The first kappa shape index (κ1) is 11.5. The van der Waals surface area contributed by atoms with Crippen molar-refractivity contribution in [1.29, 1.82) is 0 Å². The van der Waals surface area contributed by atoms with Gasteiger partial charge in [-0.1, -0.05) is 6.07 Å². The van der Waals surface area contributed by atoms with Crippen LogP contribution >= 0.6 is 15.9 Å². The summed E-state index contributed by atoms with van der Waals surface area (Å²) in [5.41, 5.74) is 6.65.